The van der Waals surface area contributed by atoms with Crippen LogP contribution in [0.1, 0.15) is 43.5 Å². The molecule has 1 fully saturated rings. The standard InChI is InChI=1S/C28H24N2O6S/c31-26(20-5-7-21(8-6-20)28(33)34)22-9-3-19-4-10-23(16-24(19)15-22)27(32)29-17-18-1-11-25(12-2-18)37(35,36)30-13-14-30/h1-12,15-16,26,31H,13-14,17H2,(H,29,32)(H,33,34). The molecule has 1 saturated heterocycles. The predicted octanol–water partition coefficient (Wildman–Crippen LogP) is 3.55. The van der Waals surface area contributed by atoms with Gasteiger partial charge >= 0.3 is 5.97 Å². The van der Waals surface area contributed by atoms with Crippen LogP contribution in [0, 0.1) is 0 Å². The van der Waals surface area contributed by atoms with E-state index in [0.29, 0.717) is 29.8 Å². The first-order valence-electron chi connectivity index (χ1n) is 11.6. The van der Waals surface area contributed by atoms with Crippen LogP contribution in [0.15, 0.2) is 89.8 Å². The minimum absolute atomic E-state index is 0.141. The fourth-order valence-corrected chi connectivity index (χ4v) is 5.41. The van der Waals surface area contributed by atoms with Crippen LogP contribution in [-0.2, 0) is 16.6 Å². The van der Waals surface area contributed by atoms with Crippen molar-refractivity contribution in [2.45, 2.75) is 17.5 Å². The number of carbonyl (C=O) groups excluding carboxylic acids is 1. The van der Waals surface area contributed by atoms with E-state index in [-0.39, 0.29) is 22.9 Å². The molecule has 0 spiro atoms. The van der Waals surface area contributed by atoms with Gasteiger partial charge in [0.1, 0.15) is 6.10 Å². The number of benzene rings is 4. The van der Waals surface area contributed by atoms with Gasteiger partial charge in [-0.05, 0) is 69.9 Å². The maximum absolute atomic E-state index is 12.8. The Morgan fingerprint density at radius 2 is 1.43 bits per heavy atom. The van der Waals surface area contributed by atoms with Gasteiger partial charge < -0.3 is 15.5 Å². The molecule has 0 bridgehead atoms. The number of hydrogen-bond donors (Lipinski definition) is 3. The molecule has 8 nitrogen and oxygen atoms in total. The molecule has 1 aliphatic heterocycles. The molecule has 0 aromatic heterocycles. The average Bonchev–Trinajstić information content (AvgIpc) is 3.77. The summed E-state index contributed by atoms with van der Waals surface area (Å²) in [5.41, 5.74) is 2.54. The highest BCUT2D eigenvalue weighted by atomic mass is 32.2. The number of nitrogens with one attached hydrogen (secondary N) is 1. The third-order valence-corrected chi connectivity index (χ3v) is 8.25. The number of nitrogens with zero attached hydrogens (tertiary/aromatic N) is 1. The maximum atomic E-state index is 12.8. The van der Waals surface area contributed by atoms with Crippen LogP contribution in [0.2, 0.25) is 0 Å². The van der Waals surface area contributed by atoms with Crippen LogP contribution < -0.4 is 5.32 Å². The van der Waals surface area contributed by atoms with Gasteiger partial charge in [0.25, 0.3) is 5.91 Å². The Labute approximate surface area is 213 Å². The second-order valence-corrected chi connectivity index (χ2v) is 10.8. The summed E-state index contributed by atoms with van der Waals surface area (Å²) < 4.78 is 25.9. The molecule has 1 aliphatic rings. The molecule has 5 rings (SSSR count). The van der Waals surface area contributed by atoms with Gasteiger partial charge in [0.15, 0.2) is 0 Å². The van der Waals surface area contributed by atoms with Crippen molar-refractivity contribution < 1.29 is 28.2 Å². The van der Waals surface area contributed by atoms with Crippen molar-refractivity contribution in [3.8, 4) is 0 Å². The summed E-state index contributed by atoms with van der Waals surface area (Å²) in [4.78, 5) is 24.1. The van der Waals surface area contributed by atoms with E-state index in [2.05, 4.69) is 5.32 Å². The van der Waals surface area contributed by atoms with E-state index in [1.165, 1.54) is 16.4 Å². The highest BCUT2D eigenvalue weighted by molar-refractivity contribution is 7.89. The summed E-state index contributed by atoms with van der Waals surface area (Å²) in [6, 6.07) is 23.3. The summed E-state index contributed by atoms with van der Waals surface area (Å²) in [5.74, 6) is -1.31. The number of aliphatic hydroxyl groups excluding tert-OH is 1. The van der Waals surface area contributed by atoms with Crippen LogP contribution in [-0.4, -0.2) is 47.9 Å². The Hall–Kier alpha value is -4.05. The minimum Gasteiger partial charge on any atom is -0.478 e. The van der Waals surface area contributed by atoms with Gasteiger partial charge in [-0.1, -0.05) is 42.5 Å². The highest BCUT2D eigenvalue weighted by Gasteiger charge is 2.33. The predicted molar refractivity (Wildman–Crippen MR) is 138 cm³/mol. The first-order chi connectivity index (χ1) is 17.7. The number of carboxylic acids is 1. The number of aromatic carboxylic acids is 1. The molecule has 3 N–H and O–H groups in total. The monoisotopic (exact) mass is 516 g/mol. The van der Waals surface area contributed by atoms with Crippen LogP contribution >= 0.6 is 0 Å². The number of carbonyl (C=O) groups is 2. The SMILES string of the molecule is O=C(O)c1ccc(C(O)c2ccc3ccc(C(=O)NCc4ccc(S(=O)(=O)N5CC5)cc4)cc3c2)cc1. The topological polar surface area (TPSA) is 124 Å². The van der Waals surface area contributed by atoms with Crippen molar-refractivity contribution in [1.82, 2.24) is 9.62 Å². The maximum Gasteiger partial charge on any atom is 0.335 e. The Bertz CT molecular complexity index is 1590. The number of hydrogen-bond acceptors (Lipinski definition) is 5. The van der Waals surface area contributed by atoms with E-state index in [9.17, 15) is 23.1 Å². The average molecular weight is 517 g/mol. The van der Waals surface area contributed by atoms with Gasteiger partial charge in [-0.15, -0.1) is 0 Å². The van der Waals surface area contributed by atoms with Gasteiger partial charge in [0.05, 0.1) is 10.5 Å². The third kappa shape index (κ3) is 5.24. The van der Waals surface area contributed by atoms with E-state index in [4.69, 9.17) is 5.11 Å². The molecule has 4 aromatic carbocycles. The molecular weight excluding hydrogens is 492 g/mol. The first-order valence-corrected chi connectivity index (χ1v) is 13.1. The number of carboxylic acid groups (broad SMARTS) is 1. The molecule has 1 heterocycles. The molecule has 0 radical (unpaired) electrons. The Morgan fingerprint density at radius 1 is 0.811 bits per heavy atom. The van der Waals surface area contributed by atoms with Gasteiger partial charge in [-0.2, -0.15) is 4.31 Å². The van der Waals surface area contributed by atoms with Crippen LogP contribution in [0.4, 0.5) is 0 Å². The molecule has 1 atom stereocenters. The Balaban J connectivity index is 1.28. The number of rotatable bonds is 8. The normalized spacial score (nSPS) is 14.3. The highest BCUT2D eigenvalue weighted by Crippen LogP contribution is 2.27. The second-order valence-electron chi connectivity index (χ2n) is 8.88. The van der Waals surface area contributed by atoms with Gasteiger partial charge in [-0.25, -0.2) is 13.2 Å². The first kappa shape index (κ1) is 24.6. The summed E-state index contributed by atoms with van der Waals surface area (Å²) in [6.07, 6.45) is -0.951. The fraction of sp³-hybridized carbons (Fsp3) is 0.143. The summed E-state index contributed by atoms with van der Waals surface area (Å²) >= 11 is 0. The van der Waals surface area contributed by atoms with Crippen LogP contribution in [0.5, 0.6) is 0 Å². The summed E-state index contributed by atoms with van der Waals surface area (Å²) in [5, 5.41) is 24.4. The molecule has 1 amide bonds. The van der Waals surface area contributed by atoms with Crippen molar-refractivity contribution in [2.75, 3.05) is 13.1 Å². The van der Waals surface area contributed by atoms with Gasteiger partial charge in [0.2, 0.25) is 10.0 Å². The van der Waals surface area contributed by atoms with Crippen molar-refractivity contribution in [3.63, 3.8) is 0 Å². The molecular formula is C28H24N2O6S. The molecule has 188 valence electrons. The largest absolute Gasteiger partial charge is 0.478 e. The van der Waals surface area contributed by atoms with Crippen LogP contribution in [0.3, 0.4) is 0 Å². The van der Waals surface area contributed by atoms with Crippen molar-refractivity contribution in [2.24, 2.45) is 0 Å². The molecule has 0 saturated carbocycles. The fourth-order valence-electron chi connectivity index (χ4n) is 4.07. The van der Waals surface area contributed by atoms with E-state index in [1.807, 2.05) is 12.1 Å². The smallest absolute Gasteiger partial charge is 0.335 e. The number of sulfonamides is 1. The Morgan fingerprint density at radius 3 is 2.08 bits per heavy atom. The lowest BCUT2D eigenvalue weighted by molar-refractivity contribution is 0.0696. The molecule has 1 unspecified atom stereocenters. The molecule has 0 aliphatic carbocycles. The third-order valence-electron chi connectivity index (χ3n) is 6.34. The summed E-state index contributed by atoms with van der Waals surface area (Å²) in [6.45, 7) is 1.34. The zero-order chi connectivity index (χ0) is 26.2. The Kier molecular flexibility index (Phi) is 6.51. The lowest BCUT2D eigenvalue weighted by Crippen LogP contribution is -2.22. The van der Waals surface area contributed by atoms with E-state index in [0.717, 1.165) is 16.3 Å². The number of aliphatic hydroxyl groups is 1. The van der Waals surface area contributed by atoms with Crippen molar-refractivity contribution in [1.29, 1.82) is 0 Å². The summed E-state index contributed by atoms with van der Waals surface area (Å²) in [7, 11) is -3.41. The van der Waals surface area contributed by atoms with Gasteiger partial charge in [0, 0.05) is 25.2 Å². The molecule has 4 aromatic rings. The zero-order valence-electron chi connectivity index (χ0n) is 19.7. The van der Waals surface area contributed by atoms with E-state index < -0.39 is 22.1 Å². The number of fused-ring (bicyclic) bond motifs is 1. The van der Waals surface area contributed by atoms with Gasteiger partial charge in [-0.3, -0.25) is 4.79 Å². The van der Waals surface area contributed by atoms with Crippen molar-refractivity contribution >= 4 is 32.7 Å². The second kappa shape index (κ2) is 9.78. The lowest BCUT2D eigenvalue weighted by Gasteiger charge is -2.13. The quantitative estimate of drug-likeness (QED) is 0.308. The van der Waals surface area contributed by atoms with E-state index in [1.54, 1.807) is 60.7 Å². The number of amides is 1. The molecule has 9 heteroatoms. The van der Waals surface area contributed by atoms with Crippen molar-refractivity contribution in [3.05, 3.63) is 113 Å². The van der Waals surface area contributed by atoms with Crippen LogP contribution in [0.25, 0.3) is 10.8 Å². The minimum atomic E-state index is -3.41. The lowest BCUT2D eigenvalue weighted by atomic mass is 9.97. The molecule has 37 heavy (non-hydrogen) atoms. The van der Waals surface area contributed by atoms with E-state index >= 15 is 0 Å². The zero-order valence-corrected chi connectivity index (χ0v) is 20.5.